The summed E-state index contributed by atoms with van der Waals surface area (Å²) >= 11 is 0. The zero-order chi connectivity index (χ0) is 34.5. The van der Waals surface area contributed by atoms with Crippen LogP contribution < -0.4 is 0 Å². The van der Waals surface area contributed by atoms with Crippen LogP contribution in [-0.4, -0.2) is 0 Å². The van der Waals surface area contributed by atoms with Gasteiger partial charge in [-0.15, -0.1) is 0 Å². The van der Waals surface area contributed by atoms with Crippen molar-refractivity contribution in [2.24, 2.45) is 0 Å². The molecule has 0 saturated carbocycles. The van der Waals surface area contributed by atoms with E-state index in [-0.39, 0.29) is 11.8 Å². The van der Waals surface area contributed by atoms with Gasteiger partial charge in [0, 0.05) is 23.0 Å². The quantitative estimate of drug-likeness (QED) is 0.174. The molecule has 3 aliphatic carbocycles. The standard InChI is InChI=1S/C50H28N2/c51-27-31-23-45-47(25-41(31)43-21-29-11-1-3-13-33(29)35-15-5-7-17-37(35)43)49-39-19-9-10-20-40(39)50(45)48-26-42(32(28-52)24-46(48)49)44-22-30-12-2-4-14-34(30)36-16-6-8-18-38(36)44/h1-26,49-50H. The monoisotopic (exact) mass is 656 g/mol. The van der Waals surface area contributed by atoms with Crippen LogP contribution in [0, 0.1) is 22.7 Å². The van der Waals surface area contributed by atoms with E-state index in [1.54, 1.807) is 0 Å². The van der Waals surface area contributed by atoms with Gasteiger partial charge in [0.05, 0.1) is 23.3 Å². The van der Waals surface area contributed by atoms with Crippen molar-refractivity contribution >= 4 is 43.1 Å². The second-order valence-electron chi connectivity index (χ2n) is 14.2. The Balaban J connectivity index is 1.18. The largest absolute Gasteiger partial charge is 0.192 e. The van der Waals surface area contributed by atoms with Crippen LogP contribution in [0.3, 0.4) is 0 Å². The number of rotatable bonds is 2. The van der Waals surface area contributed by atoms with Gasteiger partial charge in [-0.05, 0) is 124 Å². The molecule has 0 spiro atoms. The van der Waals surface area contributed by atoms with Crippen molar-refractivity contribution in [1.82, 2.24) is 0 Å². The normalized spacial score (nSPS) is 15.3. The number of fused-ring (bicyclic) bond motifs is 6. The Labute approximate surface area is 301 Å². The van der Waals surface area contributed by atoms with E-state index >= 15 is 0 Å². The molecule has 12 rings (SSSR count). The Morgan fingerprint density at radius 1 is 0.308 bits per heavy atom. The van der Waals surface area contributed by atoms with Crippen molar-refractivity contribution in [3.05, 3.63) is 202 Å². The first-order chi connectivity index (χ1) is 25.7. The maximum atomic E-state index is 10.8. The molecular weight excluding hydrogens is 629 g/mol. The zero-order valence-corrected chi connectivity index (χ0v) is 28.1. The summed E-state index contributed by atoms with van der Waals surface area (Å²) in [6, 6.07) is 61.4. The van der Waals surface area contributed by atoms with Crippen LogP contribution in [0.4, 0.5) is 0 Å². The number of hydrogen-bond donors (Lipinski definition) is 0. The molecule has 2 unspecified atom stereocenters. The third-order valence-corrected chi connectivity index (χ3v) is 11.7. The zero-order valence-electron chi connectivity index (χ0n) is 28.1. The van der Waals surface area contributed by atoms with Crippen molar-refractivity contribution in [1.29, 1.82) is 10.5 Å². The minimum atomic E-state index is -0.0566. The average molecular weight is 657 g/mol. The average Bonchev–Trinajstić information content (AvgIpc) is 3.21. The second-order valence-corrected chi connectivity index (χ2v) is 14.2. The maximum absolute atomic E-state index is 10.8. The van der Waals surface area contributed by atoms with Crippen LogP contribution in [0.1, 0.15) is 56.3 Å². The Morgan fingerprint density at radius 2 is 0.654 bits per heavy atom. The SMILES string of the molecule is N#Cc1cc2c(cc1-c1cc3ccccc3c3ccccc13)C1c3ccccc3C2c2cc(-c3cc4ccccc4c4ccccc34)c(C#N)cc21. The van der Waals surface area contributed by atoms with Gasteiger partial charge in [0.2, 0.25) is 0 Å². The summed E-state index contributed by atoms with van der Waals surface area (Å²) in [5, 5.41) is 30.9. The van der Waals surface area contributed by atoms with E-state index in [9.17, 15) is 10.5 Å². The van der Waals surface area contributed by atoms with E-state index < -0.39 is 0 Å². The topological polar surface area (TPSA) is 47.6 Å². The van der Waals surface area contributed by atoms with E-state index in [1.165, 1.54) is 54.9 Å². The van der Waals surface area contributed by atoms with E-state index in [2.05, 4.69) is 170 Å². The fourth-order valence-electron chi connectivity index (χ4n) is 9.49. The molecule has 2 heteroatoms. The Bertz CT molecular complexity index is 2910. The first kappa shape index (κ1) is 28.8. The summed E-state index contributed by atoms with van der Waals surface area (Å²) in [4.78, 5) is 0. The minimum Gasteiger partial charge on any atom is -0.192 e. The molecule has 9 aromatic rings. The molecule has 0 amide bonds. The number of benzene rings is 9. The molecule has 2 atom stereocenters. The van der Waals surface area contributed by atoms with E-state index in [0.717, 1.165) is 43.8 Å². The molecule has 0 aromatic heterocycles. The van der Waals surface area contributed by atoms with Crippen molar-refractivity contribution in [2.75, 3.05) is 0 Å². The second kappa shape index (κ2) is 10.7. The number of nitriles is 2. The predicted octanol–water partition coefficient (Wildman–Crippen LogP) is 12.4. The minimum absolute atomic E-state index is 0.0566. The summed E-state index contributed by atoms with van der Waals surface area (Å²) in [6.45, 7) is 0. The molecule has 3 aliphatic rings. The molecule has 2 bridgehead atoms. The Morgan fingerprint density at radius 3 is 1.08 bits per heavy atom. The van der Waals surface area contributed by atoms with Crippen LogP contribution in [0.2, 0.25) is 0 Å². The maximum Gasteiger partial charge on any atom is 0.0998 e. The molecule has 0 radical (unpaired) electrons. The summed E-state index contributed by atoms with van der Waals surface area (Å²) in [6.07, 6.45) is 0. The number of nitrogens with zero attached hydrogens (tertiary/aromatic N) is 2. The highest BCUT2D eigenvalue weighted by Gasteiger charge is 2.42. The predicted molar refractivity (Wildman–Crippen MR) is 212 cm³/mol. The first-order valence-electron chi connectivity index (χ1n) is 17.8. The smallest absolute Gasteiger partial charge is 0.0998 e. The molecule has 2 nitrogen and oxygen atoms in total. The number of hydrogen-bond acceptors (Lipinski definition) is 2. The highest BCUT2D eigenvalue weighted by Crippen LogP contribution is 2.58. The fourth-order valence-corrected chi connectivity index (χ4v) is 9.49. The van der Waals surface area contributed by atoms with Gasteiger partial charge in [-0.2, -0.15) is 10.5 Å². The van der Waals surface area contributed by atoms with Crippen molar-refractivity contribution in [2.45, 2.75) is 11.8 Å². The molecule has 238 valence electrons. The van der Waals surface area contributed by atoms with E-state index in [4.69, 9.17) is 0 Å². The van der Waals surface area contributed by atoms with Gasteiger partial charge in [-0.25, -0.2) is 0 Å². The Hall–Kier alpha value is -7.00. The van der Waals surface area contributed by atoms with E-state index in [1.807, 2.05) is 0 Å². The molecule has 0 saturated heterocycles. The van der Waals surface area contributed by atoms with Gasteiger partial charge in [0.25, 0.3) is 0 Å². The first-order valence-corrected chi connectivity index (χ1v) is 17.8. The van der Waals surface area contributed by atoms with Crippen molar-refractivity contribution in [3.8, 4) is 34.4 Å². The lowest BCUT2D eigenvalue weighted by atomic mass is 9.60. The van der Waals surface area contributed by atoms with Crippen LogP contribution >= 0.6 is 0 Å². The van der Waals surface area contributed by atoms with Gasteiger partial charge in [-0.1, -0.05) is 121 Å². The van der Waals surface area contributed by atoms with Gasteiger partial charge >= 0.3 is 0 Å². The summed E-state index contributed by atoms with van der Waals surface area (Å²) < 4.78 is 0. The van der Waals surface area contributed by atoms with Crippen LogP contribution in [-0.2, 0) is 0 Å². The fraction of sp³-hybridized carbons (Fsp3) is 0.0400. The molecular formula is C50H28N2. The van der Waals surface area contributed by atoms with Crippen molar-refractivity contribution < 1.29 is 0 Å². The highest BCUT2D eigenvalue weighted by molar-refractivity contribution is 6.15. The molecule has 0 N–H and O–H groups in total. The lowest BCUT2D eigenvalue weighted by Gasteiger charge is -2.43. The van der Waals surface area contributed by atoms with Crippen LogP contribution in [0.15, 0.2) is 158 Å². The van der Waals surface area contributed by atoms with Gasteiger partial charge < -0.3 is 0 Å². The van der Waals surface area contributed by atoms with Gasteiger partial charge in [0.1, 0.15) is 0 Å². The highest BCUT2D eigenvalue weighted by atomic mass is 14.5. The van der Waals surface area contributed by atoms with Crippen LogP contribution in [0.25, 0.3) is 65.3 Å². The summed E-state index contributed by atoms with van der Waals surface area (Å²) in [5.74, 6) is -0.113. The molecule has 9 aromatic carbocycles. The van der Waals surface area contributed by atoms with Gasteiger partial charge in [0.15, 0.2) is 0 Å². The van der Waals surface area contributed by atoms with Crippen molar-refractivity contribution in [3.63, 3.8) is 0 Å². The molecule has 0 fully saturated rings. The summed E-state index contributed by atoms with van der Waals surface area (Å²) in [5.41, 5.74) is 12.8. The molecule has 0 aliphatic heterocycles. The lowest BCUT2D eigenvalue weighted by Crippen LogP contribution is -2.28. The Kier molecular flexibility index (Phi) is 5.95. The van der Waals surface area contributed by atoms with Gasteiger partial charge in [-0.3, -0.25) is 0 Å². The molecule has 52 heavy (non-hydrogen) atoms. The summed E-state index contributed by atoms with van der Waals surface area (Å²) in [7, 11) is 0. The lowest BCUT2D eigenvalue weighted by molar-refractivity contribution is 0.754. The third kappa shape index (κ3) is 3.87. The third-order valence-electron chi connectivity index (χ3n) is 11.7. The van der Waals surface area contributed by atoms with E-state index in [0.29, 0.717) is 11.1 Å². The van der Waals surface area contributed by atoms with Crippen LogP contribution in [0.5, 0.6) is 0 Å². The molecule has 0 heterocycles.